The van der Waals surface area contributed by atoms with Crippen LogP contribution in [0.4, 0.5) is 15.8 Å². The third-order valence-corrected chi connectivity index (χ3v) is 6.10. The van der Waals surface area contributed by atoms with Gasteiger partial charge < -0.3 is 5.32 Å². The van der Waals surface area contributed by atoms with Crippen molar-refractivity contribution in [2.45, 2.75) is 18.7 Å². The molecule has 0 fully saturated rings. The molecule has 0 unspecified atom stereocenters. The van der Waals surface area contributed by atoms with E-state index in [2.05, 4.69) is 5.32 Å². The van der Waals surface area contributed by atoms with E-state index in [1.54, 1.807) is 42.5 Å². The van der Waals surface area contributed by atoms with E-state index in [0.29, 0.717) is 11.4 Å². The first-order chi connectivity index (χ1) is 13.8. The van der Waals surface area contributed by atoms with Crippen molar-refractivity contribution in [1.82, 2.24) is 0 Å². The van der Waals surface area contributed by atoms with E-state index in [9.17, 15) is 17.6 Å². The molecule has 7 heteroatoms. The van der Waals surface area contributed by atoms with Crippen molar-refractivity contribution in [3.8, 4) is 0 Å². The molecule has 150 valence electrons. The number of hydrogen-bond donors (Lipinski definition) is 1. The average molecular weight is 412 g/mol. The van der Waals surface area contributed by atoms with Crippen LogP contribution in [-0.2, 0) is 14.8 Å². The van der Waals surface area contributed by atoms with Crippen molar-refractivity contribution < 1.29 is 17.6 Å². The van der Waals surface area contributed by atoms with E-state index in [0.717, 1.165) is 27.6 Å². The minimum absolute atomic E-state index is 0.0946. The van der Waals surface area contributed by atoms with Gasteiger partial charge in [0.15, 0.2) is 0 Å². The molecule has 0 aliphatic rings. The largest absolute Gasteiger partial charge is 0.325 e. The van der Waals surface area contributed by atoms with Gasteiger partial charge in [0.2, 0.25) is 5.91 Å². The van der Waals surface area contributed by atoms with Crippen LogP contribution in [0, 0.1) is 19.7 Å². The van der Waals surface area contributed by atoms with E-state index in [4.69, 9.17) is 0 Å². The quantitative estimate of drug-likeness (QED) is 0.657. The Morgan fingerprint density at radius 1 is 0.931 bits per heavy atom. The highest BCUT2D eigenvalue weighted by Gasteiger charge is 2.27. The number of anilines is 2. The Kier molecular flexibility index (Phi) is 5.98. The van der Waals surface area contributed by atoms with Gasteiger partial charge in [-0.05, 0) is 67.9 Å². The summed E-state index contributed by atoms with van der Waals surface area (Å²) in [5.41, 5.74) is 2.85. The molecule has 29 heavy (non-hydrogen) atoms. The SMILES string of the molecule is Cc1ccc(N(CC(=O)Nc2cccc(C)c2)S(=O)(=O)c2ccc(F)cc2)cc1. The fourth-order valence-electron chi connectivity index (χ4n) is 2.81. The summed E-state index contributed by atoms with van der Waals surface area (Å²) in [6, 6.07) is 18.5. The van der Waals surface area contributed by atoms with Crippen LogP contribution in [-0.4, -0.2) is 20.9 Å². The van der Waals surface area contributed by atoms with Gasteiger partial charge in [-0.3, -0.25) is 9.10 Å². The Labute approximate surface area is 169 Å². The molecule has 3 rings (SSSR count). The highest BCUT2D eigenvalue weighted by molar-refractivity contribution is 7.92. The zero-order valence-corrected chi connectivity index (χ0v) is 16.9. The second kappa shape index (κ2) is 8.45. The van der Waals surface area contributed by atoms with Crippen LogP contribution in [0.25, 0.3) is 0 Å². The lowest BCUT2D eigenvalue weighted by Gasteiger charge is -2.24. The topological polar surface area (TPSA) is 66.5 Å². The first-order valence-corrected chi connectivity index (χ1v) is 10.4. The Bertz CT molecular complexity index is 1110. The molecule has 0 saturated carbocycles. The summed E-state index contributed by atoms with van der Waals surface area (Å²) in [7, 11) is -4.07. The Morgan fingerprint density at radius 2 is 1.59 bits per heavy atom. The van der Waals surface area contributed by atoms with Crippen molar-refractivity contribution in [3.63, 3.8) is 0 Å². The van der Waals surface area contributed by atoms with Crippen LogP contribution in [0.5, 0.6) is 0 Å². The molecule has 0 radical (unpaired) electrons. The number of nitrogens with one attached hydrogen (secondary N) is 1. The molecule has 1 amide bonds. The summed E-state index contributed by atoms with van der Waals surface area (Å²) in [6.07, 6.45) is 0. The summed E-state index contributed by atoms with van der Waals surface area (Å²) >= 11 is 0. The number of halogens is 1. The highest BCUT2D eigenvalue weighted by Crippen LogP contribution is 2.24. The molecule has 0 aliphatic heterocycles. The van der Waals surface area contributed by atoms with E-state index < -0.39 is 28.3 Å². The zero-order valence-electron chi connectivity index (χ0n) is 16.1. The molecule has 0 spiro atoms. The zero-order chi connectivity index (χ0) is 21.0. The maximum atomic E-state index is 13.3. The predicted molar refractivity (Wildman–Crippen MR) is 112 cm³/mol. The lowest BCUT2D eigenvalue weighted by Crippen LogP contribution is -2.38. The van der Waals surface area contributed by atoms with Gasteiger partial charge in [0.25, 0.3) is 10.0 Å². The molecule has 0 aliphatic carbocycles. The van der Waals surface area contributed by atoms with E-state index in [1.807, 2.05) is 19.9 Å². The number of hydrogen-bond acceptors (Lipinski definition) is 3. The first kappa shape index (κ1) is 20.5. The summed E-state index contributed by atoms with van der Waals surface area (Å²) < 4.78 is 40.7. The molecule has 3 aromatic carbocycles. The summed E-state index contributed by atoms with van der Waals surface area (Å²) in [6.45, 7) is 3.36. The van der Waals surface area contributed by atoms with Crippen LogP contribution in [0.15, 0.2) is 77.7 Å². The van der Waals surface area contributed by atoms with E-state index in [-0.39, 0.29) is 4.90 Å². The number of carbonyl (C=O) groups is 1. The highest BCUT2D eigenvalue weighted by atomic mass is 32.2. The van der Waals surface area contributed by atoms with Crippen LogP contribution in [0.1, 0.15) is 11.1 Å². The monoisotopic (exact) mass is 412 g/mol. The second-order valence-electron chi connectivity index (χ2n) is 6.72. The molecule has 3 aromatic rings. The minimum Gasteiger partial charge on any atom is -0.325 e. The molecular formula is C22H21FN2O3S. The number of rotatable bonds is 6. The lowest BCUT2D eigenvalue weighted by molar-refractivity contribution is -0.114. The molecule has 1 N–H and O–H groups in total. The second-order valence-corrected chi connectivity index (χ2v) is 8.58. The van der Waals surface area contributed by atoms with Crippen molar-refractivity contribution in [2.75, 3.05) is 16.2 Å². The molecule has 0 heterocycles. The van der Waals surface area contributed by atoms with Crippen molar-refractivity contribution in [2.24, 2.45) is 0 Å². The normalized spacial score (nSPS) is 11.1. The van der Waals surface area contributed by atoms with Gasteiger partial charge in [0.1, 0.15) is 12.4 Å². The van der Waals surface area contributed by atoms with Gasteiger partial charge in [0.05, 0.1) is 10.6 Å². The number of carbonyl (C=O) groups excluding carboxylic acids is 1. The molecule has 0 saturated heterocycles. The number of aryl methyl sites for hydroxylation is 2. The third-order valence-electron chi connectivity index (χ3n) is 4.31. The Balaban J connectivity index is 1.93. The van der Waals surface area contributed by atoms with Crippen LogP contribution in [0.2, 0.25) is 0 Å². The predicted octanol–water partition coefficient (Wildman–Crippen LogP) is 4.28. The van der Waals surface area contributed by atoms with Crippen LogP contribution >= 0.6 is 0 Å². The lowest BCUT2D eigenvalue weighted by atomic mass is 10.2. The molecule has 0 aromatic heterocycles. The number of benzene rings is 3. The van der Waals surface area contributed by atoms with Gasteiger partial charge in [-0.2, -0.15) is 0 Å². The maximum absolute atomic E-state index is 13.3. The summed E-state index contributed by atoms with van der Waals surface area (Å²) in [5.74, 6) is -1.02. The fraction of sp³-hybridized carbons (Fsp3) is 0.136. The van der Waals surface area contributed by atoms with Crippen LogP contribution in [0.3, 0.4) is 0 Å². The van der Waals surface area contributed by atoms with Crippen molar-refractivity contribution in [3.05, 3.63) is 89.7 Å². The van der Waals surface area contributed by atoms with Gasteiger partial charge >= 0.3 is 0 Å². The van der Waals surface area contributed by atoms with Crippen molar-refractivity contribution >= 4 is 27.3 Å². The molecule has 5 nitrogen and oxygen atoms in total. The van der Waals surface area contributed by atoms with Crippen LogP contribution < -0.4 is 9.62 Å². The van der Waals surface area contributed by atoms with E-state index in [1.165, 1.54) is 12.1 Å². The van der Waals surface area contributed by atoms with Gasteiger partial charge in [0, 0.05) is 5.69 Å². The summed E-state index contributed by atoms with van der Waals surface area (Å²) in [5, 5.41) is 2.72. The molecule has 0 bridgehead atoms. The third kappa shape index (κ3) is 5.00. The number of amides is 1. The van der Waals surface area contributed by atoms with Gasteiger partial charge in [-0.1, -0.05) is 29.8 Å². The van der Waals surface area contributed by atoms with E-state index >= 15 is 0 Å². The molecular weight excluding hydrogens is 391 g/mol. The minimum atomic E-state index is -4.07. The summed E-state index contributed by atoms with van der Waals surface area (Å²) in [4.78, 5) is 12.5. The standard InChI is InChI=1S/C22H21FN2O3S/c1-16-6-10-20(11-7-16)25(29(27,28)21-12-8-18(23)9-13-21)15-22(26)24-19-5-3-4-17(2)14-19/h3-14H,15H2,1-2H3,(H,24,26). The fourth-order valence-corrected chi connectivity index (χ4v) is 4.23. The van der Waals surface area contributed by atoms with Gasteiger partial charge in [-0.25, -0.2) is 12.8 Å². The first-order valence-electron chi connectivity index (χ1n) is 8.97. The Morgan fingerprint density at radius 3 is 2.21 bits per heavy atom. The average Bonchev–Trinajstić information content (AvgIpc) is 2.67. The Hall–Kier alpha value is -3.19. The number of nitrogens with zero attached hydrogens (tertiary/aromatic N) is 1. The smallest absolute Gasteiger partial charge is 0.264 e. The number of sulfonamides is 1. The maximum Gasteiger partial charge on any atom is 0.264 e. The van der Waals surface area contributed by atoms with Crippen molar-refractivity contribution in [1.29, 1.82) is 0 Å². The molecule has 0 atom stereocenters. The van der Waals surface area contributed by atoms with Gasteiger partial charge in [-0.15, -0.1) is 0 Å².